The van der Waals surface area contributed by atoms with E-state index in [4.69, 9.17) is 13.9 Å². The van der Waals surface area contributed by atoms with Gasteiger partial charge < -0.3 is 19.0 Å². The fraction of sp³-hybridized carbons (Fsp3) is 0.474. The number of aryl methyl sites for hydroxylation is 1. The van der Waals surface area contributed by atoms with Gasteiger partial charge in [-0.25, -0.2) is 0 Å². The average Bonchev–Trinajstić information content (AvgIpc) is 3.21. The summed E-state index contributed by atoms with van der Waals surface area (Å²) in [6, 6.07) is 9.30. The first-order chi connectivity index (χ1) is 11.6. The normalized spacial score (nSPS) is 17.5. The van der Waals surface area contributed by atoms with Crippen LogP contribution in [0.2, 0.25) is 0 Å². The highest BCUT2D eigenvalue weighted by molar-refractivity contribution is 5.39. The number of hydrogen-bond donors (Lipinski definition) is 1. The maximum atomic E-state index is 10.2. The maximum absolute atomic E-state index is 10.2. The second kappa shape index (κ2) is 7.73. The first-order valence-electron chi connectivity index (χ1n) is 8.39. The minimum absolute atomic E-state index is 0.244. The number of phenolic OH excluding ortho intramolecular Hbond substituents is 1. The van der Waals surface area contributed by atoms with Crippen LogP contribution in [0.5, 0.6) is 11.5 Å². The number of hydrogen-bond acceptors (Lipinski definition) is 5. The van der Waals surface area contributed by atoms with Crippen molar-refractivity contribution in [1.82, 2.24) is 4.90 Å². The van der Waals surface area contributed by atoms with Gasteiger partial charge in [0.2, 0.25) is 0 Å². The quantitative estimate of drug-likeness (QED) is 0.842. The minimum Gasteiger partial charge on any atom is -0.508 e. The smallest absolute Gasteiger partial charge is 0.120 e. The fourth-order valence-electron chi connectivity index (χ4n) is 3.11. The molecule has 1 fully saturated rings. The van der Waals surface area contributed by atoms with Gasteiger partial charge in [-0.15, -0.1) is 0 Å². The Balaban J connectivity index is 1.75. The zero-order valence-electron chi connectivity index (χ0n) is 14.3. The molecule has 1 atom stereocenters. The van der Waals surface area contributed by atoms with Gasteiger partial charge in [0.05, 0.1) is 19.8 Å². The van der Waals surface area contributed by atoms with Crippen LogP contribution in [0.15, 0.2) is 34.7 Å². The highest BCUT2D eigenvalue weighted by Crippen LogP contribution is 2.26. The molecule has 1 aliphatic heterocycles. The summed E-state index contributed by atoms with van der Waals surface area (Å²) in [7, 11) is 1.63. The standard InChI is InChI=1S/C19H25NO4/c1-14-5-6-18(24-14)13-20(12-17-4-3-9-23-17)11-15-10-16(22-2)7-8-19(15)21/h5-8,10,17,21H,3-4,9,11-13H2,1-2H3. The number of aromatic hydroxyl groups is 1. The molecule has 1 unspecified atom stereocenters. The van der Waals surface area contributed by atoms with E-state index in [-0.39, 0.29) is 11.9 Å². The topological polar surface area (TPSA) is 55.1 Å². The molecule has 3 rings (SSSR count). The van der Waals surface area contributed by atoms with E-state index in [1.165, 1.54) is 0 Å². The highest BCUT2D eigenvalue weighted by Gasteiger charge is 2.21. The molecule has 0 radical (unpaired) electrons. The van der Waals surface area contributed by atoms with Gasteiger partial charge in [-0.1, -0.05) is 0 Å². The van der Waals surface area contributed by atoms with Crippen LogP contribution >= 0.6 is 0 Å². The predicted molar refractivity (Wildman–Crippen MR) is 91.2 cm³/mol. The van der Waals surface area contributed by atoms with E-state index in [1.807, 2.05) is 25.1 Å². The molecule has 0 bridgehead atoms. The Hall–Kier alpha value is -1.98. The van der Waals surface area contributed by atoms with Gasteiger partial charge >= 0.3 is 0 Å². The molecule has 0 saturated carbocycles. The van der Waals surface area contributed by atoms with E-state index in [0.717, 1.165) is 48.8 Å². The Bertz CT molecular complexity index is 661. The van der Waals surface area contributed by atoms with Crippen LogP contribution in [0.1, 0.15) is 29.9 Å². The number of benzene rings is 1. The highest BCUT2D eigenvalue weighted by atomic mass is 16.5. The van der Waals surface area contributed by atoms with Crippen molar-refractivity contribution < 1.29 is 19.0 Å². The molecule has 2 aromatic rings. The Morgan fingerprint density at radius 3 is 2.79 bits per heavy atom. The van der Waals surface area contributed by atoms with E-state index >= 15 is 0 Å². The van der Waals surface area contributed by atoms with Gasteiger partial charge in [-0.05, 0) is 50.1 Å². The molecule has 1 aromatic carbocycles. The Morgan fingerprint density at radius 2 is 2.12 bits per heavy atom. The van der Waals surface area contributed by atoms with Gasteiger partial charge in [0, 0.05) is 25.3 Å². The monoisotopic (exact) mass is 331 g/mol. The van der Waals surface area contributed by atoms with Gasteiger partial charge in [-0.3, -0.25) is 4.90 Å². The molecule has 5 heteroatoms. The number of ether oxygens (including phenoxy) is 2. The van der Waals surface area contributed by atoms with Crippen LogP contribution in [-0.2, 0) is 17.8 Å². The van der Waals surface area contributed by atoms with Crippen molar-refractivity contribution in [2.24, 2.45) is 0 Å². The Morgan fingerprint density at radius 1 is 1.25 bits per heavy atom. The van der Waals surface area contributed by atoms with E-state index < -0.39 is 0 Å². The molecule has 24 heavy (non-hydrogen) atoms. The number of furan rings is 1. The molecule has 1 aliphatic rings. The van der Waals surface area contributed by atoms with Crippen molar-refractivity contribution in [2.75, 3.05) is 20.3 Å². The average molecular weight is 331 g/mol. The fourth-order valence-corrected chi connectivity index (χ4v) is 3.11. The van der Waals surface area contributed by atoms with Crippen molar-refractivity contribution in [3.05, 3.63) is 47.4 Å². The predicted octanol–water partition coefficient (Wildman–Crippen LogP) is 3.48. The number of nitrogens with zero attached hydrogens (tertiary/aromatic N) is 1. The second-order valence-corrected chi connectivity index (χ2v) is 6.31. The Kier molecular flexibility index (Phi) is 5.43. The van der Waals surface area contributed by atoms with Crippen molar-refractivity contribution in [1.29, 1.82) is 0 Å². The molecule has 0 spiro atoms. The van der Waals surface area contributed by atoms with Crippen LogP contribution in [0.4, 0.5) is 0 Å². The third kappa shape index (κ3) is 4.30. The summed E-state index contributed by atoms with van der Waals surface area (Å²) in [6.07, 6.45) is 2.44. The largest absolute Gasteiger partial charge is 0.508 e. The molecular weight excluding hydrogens is 306 g/mol. The van der Waals surface area contributed by atoms with Crippen molar-refractivity contribution in [3.63, 3.8) is 0 Å². The summed E-state index contributed by atoms with van der Waals surface area (Å²) in [4.78, 5) is 2.25. The first kappa shape index (κ1) is 16.9. The molecule has 1 N–H and O–H groups in total. The molecule has 5 nitrogen and oxygen atoms in total. The van der Waals surface area contributed by atoms with Gasteiger partial charge in [0.25, 0.3) is 0 Å². The third-order valence-corrected chi connectivity index (χ3v) is 4.34. The summed E-state index contributed by atoms with van der Waals surface area (Å²) >= 11 is 0. The molecule has 1 saturated heterocycles. The van der Waals surface area contributed by atoms with Crippen molar-refractivity contribution in [2.45, 2.75) is 39.0 Å². The zero-order valence-corrected chi connectivity index (χ0v) is 14.3. The summed E-state index contributed by atoms with van der Waals surface area (Å²) in [5, 5.41) is 10.2. The van der Waals surface area contributed by atoms with Crippen LogP contribution in [0.25, 0.3) is 0 Å². The number of phenols is 1. The number of rotatable bonds is 7. The lowest BCUT2D eigenvalue weighted by atomic mass is 10.1. The van der Waals surface area contributed by atoms with Gasteiger partial charge in [-0.2, -0.15) is 0 Å². The van der Waals surface area contributed by atoms with Gasteiger partial charge in [0.1, 0.15) is 23.0 Å². The van der Waals surface area contributed by atoms with E-state index in [0.29, 0.717) is 13.1 Å². The maximum Gasteiger partial charge on any atom is 0.120 e. The molecule has 0 amide bonds. The van der Waals surface area contributed by atoms with E-state index in [9.17, 15) is 5.11 Å². The van der Waals surface area contributed by atoms with Crippen LogP contribution in [0.3, 0.4) is 0 Å². The molecule has 130 valence electrons. The second-order valence-electron chi connectivity index (χ2n) is 6.31. The lowest BCUT2D eigenvalue weighted by Crippen LogP contribution is -2.31. The molecule has 2 heterocycles. The minimum atomic E-state index is 0.244. The van der Waals surface area contributed by atoms with Crippen LogP contribution < -0.4 is 4.74 Å². The zero-order chi connectivity index (χ0) is 16.9. The van der Waals surface area contributed by atoms with Crippen molar-refractivity contribution in [3.8, 4) is 11.5 Å². The van der Waals surface area contributed by atoms with Crippen molar-refractivity contribution >= 4 is 0 Å². The lowest BCUT2D eigenvalue weighted by molar-refractivity contribution is 0.0651. The lowest BCUT2D eigenvalue weighted by Gasteiger charge is -2.25. The van der Waals surface area contributed by atoms with Gasteiger partial charge in [0.15, 0.2) is 0 Å². The summed E-state index contributed by atoms with van der Waals surface area (Å²) in [5.74, 6) is 2.86. The number of methoxy groups -OCH3 is 1. The Labute approximate surface area is 142 Å². The summed E-state index contributed by atoms with van der Waals surface area (Å²) in [5.41, 5.74) is 0.843. The van der Waals surface area contributed by atoms with Crippen LogP contribution in [-0.4, -0.2) is 36.4 Å². The third-order valence-electron chi connectivity index (χ3n) is 4.34. The van der Waals surface area contributed by atoms with E-state index in [2.05, 4.69) is 4.90 Å². The molecular formula is C19H25NO4. The molecule has 0 aliphatic carbocycles. The summed E-state index contributed by atoms with van der Waals surface area (Å²) < 4.78 is 16.8. The van der Waals surface area contributed by atoms with E-state index in [1.54, 1.807) is 19.2 Å². The molecule has 1 aromatic heterocycles. The summed E-state index contributed by atoms with van der Waals surface area (Å²) in [6.45, 7) is 4.90. The van der Waals surface area contributed by atoms with Crippen LogP contribution in [0, 0.1) is 6.92 Å². The SMILES string of the molecule is COc1ccc(O)c(CN(Cc2ccc(C)o2)CC2CCCO2)c1. The first-order valence-corrected chi connectivity index (χ1v) is 8.39.